The van der Waals surface area contributed by atoms with Crippen molar-refractivity contribution >= 4 is 23.8 Å². The molecule has 0 saturated carbocycles. The third-order valence-corrected chi connectivity index (χ3v) is 5.49. The van der Waals surface area contributed by atoms with Crippen LogP contribution in [0.15, 0.2) is 65.1 Å². The molecule has 0 spiro atoms. The second-order valence-electron chi connectivity index (χ2n) is 8.07. The highest BCUT2D eigenvalue weighted by molar-refractivity contribution is 6.10. The van der Waals surface area contributed by atoms with E-state index in [-0.39, 0.29) is 35.5 Å². The molecular weight excluding hydrogens is 452 g/mol. The van der Waals surface area contributed by atoms with E-state index in [0.29, 0.717) is 11.1 Å². The van der Waals surface area contributed by atoms with E-state index in [1.165, 1.54) is 13.8 Å². The van der Waals surface area contributed by atoms with Crippen LogP contribution in [0.1, 0.15) is 43.4 Å². The van der Waals surface area contributed by atoms with E-state index in [4.69, 9.17) is 4.42 Å². The summed E-state index contributed by atoms with van der Waals surface area (Å²) in [5.74, 6) is -3.85. The third-order valence-electron chi connectivity index (χ3n) is 5.49. The number of hydrogen-bond donors (Lipinski definition) is 4. The highest BCUT2D eigenvalue weighted by Crippen LogP contribution is 2.23. The summed E-state index contributed by atoms with van der Waals surface area (Å²) in [6, 6.07) is 15.1. The van der Waals surface area contributed by atoms with Crippen LogP contribution in [0.25, 0.3) is 0 Å². The van der Waals surface area contributed by atoms with Crippen LogP contribution in [0.4, 0.5) is 0 Å². The first-order valence-electron chi connectivity index (χ1n) is 10.9. The van der Waals surface area contributed by atoms with Crippen LogP contribution in [-0.4, -0.2) is 46.0 Å². The molecule has 4 N–H and O–H groups in total. The minimum atomic E-state index is -1.25. The van der Waals surface area contributed by atoms with Gasteiger partial charge in [0.2, 0.25) is 0 Å². The molecule has 0 bridgehead atoms. The molecule has 0 radical (unpaired) electrons. The second kappa shape index (κ2) is 11.1. The molecular formula is C26H26N2O7. The molecule has 1 heterocycles. The predicted molar refractivity (Wildman–Crippen MR) is 126 cm³/mol. The van der Waals surface area contributed by atoms with E-state index in [2.05, 4.69) is 10.6 Å². The molecule has 9 nitrogen and oxygen atoms in total. The maximum Gasteiger partial charge on any atom is 0.326 e. The number of aryl methyl sites for hydroxylation is 2. The lowest BCUT2D eigenvalue weighted by Crippen LogP contribution is -2.45. The molecule has 2 unspecified atom stereocenters. The molecule has 0 saturated heterocycles. The van der Waals surface area contributed by atoms with Gasteiger partial charge in [0.15, 0.2) is 0 Å². The van der Waals surface area contributed by atoms with Gasteiger partial charge in [0.1, 0.15) is 23.6 Å². The van der Waals surface area contributed by atoms with E-state index in [1.807, 2.05) is 0 Å². The number of rotatable bonds is 10. The average molecular weight is 479 g/mol. The second-order valence-corrected chi connectivity index (χ2v) is 8.07. The van der Waals surface area contributed by atoms with E-state index >= 15 is 0 Å². The fourth-order valence-corrected chi connectivity index (χ4v) is 3.79. The van der Waals surface area contributed by atoms with Crippen molar-refractivity contribution in [2.75, 3.05) is 0 Å². The van der Waals surface area contributed by atoms with Crippen LogP contribution in [0, 0.1) is 13.8 Å². The Hall–Kier alpha value is -4.40. The van der Waals surface area contributed by atoms with Gasteiger partial charge < -0.3 is 25.3 Å². The number of aliphatic carboxylic acids is 2. The van der Waals surface area contributed by atoms with Crippen LogP contribution in [-0.2, 0) is 22.4 Å². The fourth-order valence-electron chi connectivity index (χ4n) is 3.79. The van der Waals surface area contributed by atoms with Gasteiger partial charge in [-0.25, -0.2) is 9.59 Å². The Morgan fingerprint density at radius 2 is 1.03 bits per heavy atom. The summed E-state index contributed by atoms with van der Waals surface area (Å²) in [5, 5.41) is 24.1. The summed E-state index contributed by atoms with van der Waals surface area (Å²) >= 11 is 0. The zero-order valence-electron chi connectivity index (χ0n) is 19.3. The minimum absolute atomic E-state index is 0.0392. The van der Waals surface area contributed by atoms with Crippen molar-refractivity contribution in [3.63, 3.8) is 0 Å². The van der Waals surface area contributed by atoms with Gasteiger partial charge in [-0.2, -0.15) is 0 Å². The summed E-state index contributed by atoms with van der Waals surface area (Å²) in [4.78, 5) is 49.8. The predicted octanol–water partition coefficient (Wildman–Crippen LogP) is 2.75. The monoisotopic (exact) mass is 478 g/mol. The molecule has 9 heteroatoms. The number of amides is 2. The van der Waals surface area contributed by atoms with Crippen LogP contribution >= 0.6 is 0 Å². The number of hydrogen-bond acceptors (Lipinski definition) is 5. The van der Waals surface area contributed by atoms with Crippen molar-refractivity contribution in [2.45, 2.75) is 38.8 Å². The minimum Gasteiger partial charge on any atom is -0.480 e. The van der Waals surface area contributed by atoms with Crippen molar-refractivity contribution in [2.24, 2.45) is 0 Å². The van der Waals surface area contributed by atoms with E-state index in [1.54, 1.807) is 60.7 Å². The van der Waals surface area contributed by atoms with Gasteiger partial charge in [-0.3, -0.25) is 9.59 Å². The number of carboxylic acid groups (broad SMARTS) is 2. The van der Waals surface area contributed by atoms with Crippen LogP contribution in [0.3, 0.4) is 0 Å². The molecule has 35 heavy (non-hydrogen) atoms. The molecule has 2 amide bonds. The van der Waals surface area contributed by atoms with Gasteiger partial charge in [0.25, 0.3) is 11.8 Å². The Labute approximate surface area is 201 Å². The van der Waals surface area contributed by atoms with Gasteiger partial charge in [-0.1, -0.05) is 60.7 Å². The zero-order chi connectivity index (χ0) is 25.5. The quantitative estimate of drug-likeness (QED) is 0.350. The fraction of sp³-hybridized carbons (Fsp3) is 0.231. The Kier molecular flexibility index (Phi) is 8.04. The van der Waals surface area contributed by atoms with Gasteiger partial charge in [-0.05, 0) is 25.0 Å². The normalized spacial score (nSPS) is 12.4. The first-order chi connectivity index (χ1) is 16.7. The average Bonchev–Trinajstić information content (AvgIpc) is 3.13. The Bertz CT molecular complexity index is 1130. The summed E-state index contributed by atoms with van der Waals surface area (Å²) in [7, 11) is 0. The molecule has 2 aromatic carbocycles. The van der Waals surface area contributed by atoms with E-state index < -0.39 is 35.8 Å². The molecule has 3 rings (SSSR count). The Morgan fingerprint density at radius 1 is 0.686 bits per heavy atom. The lowest BCUT2D eigenvalue weighted by molar-refractivity contribution is -0.140. The van der Waals surface area contributed by atoms with Gasteiger partial charge >= 0.3 is 11.9 Å². The lowest BCUT2D eigenvalue weighted by atomic mass is 10.0. The number of furan rings is 1. The number of nitrogens with one attached hydrogen (secondary N) is 2. The molecule has 182 valence electrons. The standard InChI is InChI=1S/C26H26N2O7/c1-15-21(23(29)27-19(25(31)32)13-17-9-5-3-6-10-17)22(16(2)35-15)24(30)28-20(26(33)34)14-18-11-7-4-8-12-18/h3-12,19-20H,13-14H2,1-2H3,(H,27,29)(H,28,30)(H,31,32)(H,33,34). The summed E-state index contributed by atoms with van der Waals surface area (Å²) in [5.41, 5.74) is 1.15. The third kappa shape index (κ3) is 6.35. The largest absolute Gasteiger partial charge is 0.480 e. The molecule has 0 fully saturated rings. The number of carbonyl (C=O) groups is 4. The van der Waals surface area contributed by atoms with Gasteiger partial charge in [-0.15, -0.1) is 0 Å². The van der Waals surface area contributed by atoms with Crippen molar-refractivity contribution in [3.05, 3.63) is 94.4 Å². The summed E-state index contributed by atoms with van der Waals surface area (Å²) < 4.78 is 5.49. The molecule has 0 aliphatic carbocycles. The highest BCUT2D eigenvalue weighted by atomic mass is 16.4. The smallest absolute Gasteiger partial charge is 0.326 e. The van der Waals surface area contributed by atoms with Crippen molar-refractivity contribution in [1.82, 2.24) is 10.6 Å². The van der Waals surface area contributed by atoms with Gasteiger partial charge in [0.05, 0.1) is 11.1 Å². The summed E-state index contributed by atoms with van der Waals surface area (Å²) in [6.07, 6.45) is 0.0783. The topological polar surface area (TPSA) is 146 Å². The maximum atomic E-state index is 13.1. The van der Waals surface area contributed by atoms with E-state index in [9.17, 15) is 29.4 Å². The SMILES string of the molecule is Cc1oc(C)c(C(=O)NC(Cc2ccccc2)C(=O)O)c1C(=O)NC(Cc1ccccc1)C(=O)O. The van der Waals surface area contributed by atoms with Crippen LogP contribution in [0.2, 0.25) is 0 Å². The zero-order valence-corrected chi connectivity index (χ0v) is 19.3. The first-order valence-corrected chi connectivity index (χ1v) is 10.9. The first kappa shape index (κ1) is 25.2. The van der Waals surface area contributed by atoms with Gasteiger partial charge in [0, 0.05) is 12.8 Å². The molecule has 1 aromatic heterocycles. The van der Waals surface area contributed by atoms with Crippen molar-refractivity contribution < 1.29 is 33.8 Å². The lowest BCUT2D eigenvalue weighted by Gasteiger charge is -2.17. The number of benzene rings is 2. The molecule has 0 aliphatic rings. The van der Waals surface area contributed by atoms with E-state index in [0.717, 1.165) is 0 Å². The Balaban J connectivity index is 1.82. The van der Waals surface area contributed by atoms with Crippen molar-refractivity contribution in [3.8, 4) is 0 Å². The maximum absolute atomic E-state index is 13.1. The molecule has 0 aliphatic heterocycles. The van der Waals surface area contributed by atoms with Crippen LogP contribution < -0.4 is 10.6 Å². The van der Waals surface area contributed by atoms with Crippen molar-refractivity contribution in [1.29, 1.82) is 0 Å². The number of carboxylic acids is 2. The molecule has 3 aromatic rings. The highest BCUT2D eigenvalue weighted by Gasteiger charge is 2.31. The number of carbonyl (C=O) groups excluding carboxylic acids is 2. The summed E-state index contributed by atoms with van der Waals surface area (Å²) in [6.45, 7) is 2.95. The van der Waals surface area contributed by atoms with Crippen LogP contribution in [0.5, 0.6) is 0 Å². The molecule has 2 atom stereocenters. The Morgan fingerprint density at radius 3 is 1.34 bits per heavy atom.